The van der Waals surface area contributed by atoms with Crippen LogP contribution in [0.25, 0.3) is 0 Å². The summed E-state index contributed by atoms with van der Waals surface area (Å²) >= 11 is 9.37. The van der Waals surface area contributed by atoms with Gasteiger partial charge in [0.25, 0.3) is 0 Å². The Morgan fingerprint density at radius 1 is 1.47 bits per heavy atom. The second kappa shape index (κ2) is 5.56. The third-order valence-electron chi connectivity index (χ3n) is 2.38. The van der Waals surface area contributed by atoms with Crippen LogP contribution in [0.4, 0.5) is 5.69 Å². The molecular formula is C12H13BrClN3. The molecule has 2 rings (SSSR count). The first-order chi connectivity index (χ1) is 8.15. The summed E-state index contributed by atoms with van der Waals surface area (Å²) < 4.78 is 2.92. The van der Waals surface area contributed by atoms with E-state index in [2.05, 4.69) is 26.3 Å². The van der Waals surface area contributed by atoms with Crippen LogP contribution in [0.3, 0.4) is 0 Å². The molecule has 0 saturated heterocycles. The minimum Gasteiger partial charge on any atom is -0.383 e. The van der Waals surface area contributed by atoms with Gasteiger partial charge in [-0.1, -0.05) is 33.6 Å². The summed E-state index contributed by atoms with van der Waals surface area (Å²) in [6.45, 7) is 3.51. The lowest BCUT2D eigenvalue weighted by atomic mass is 10.3. The molecule has 1 N–H and O–H groups in total. The zero-order valence-corrected chi connectivity index (χ0v) is 11.8. The van der Waals surface area contributed by atoms with Crippen molar-refractivity contribution in [2.24, 2.45) is 0 Å². The zero-order valence-electron chi connectivity index (χ0n) is 9.45. The second-order valence-electron chi connectivity index (χ2n) is 3.76. The van der Waals surface area contributed by atoms with Crippen molar-refractivity contribution in [2.45, 2.75) is 13.5 Å². The van der Waals surface area contributed by atoms with Crippen molar-refractivity contribution in [3.8, 4) is 0 Å². The second-order valence-corrected chi connectivity index (χ2v) is 5.09. The number of hydrogen-bond acceptors (Lipinski definition) is 2. The van der Waals surface area contributed by atoms with E-state index < -0.39 is 0 Å². The van der Waals surface area contributed by atoms with E-state index in [1.54, 1.807) is 0 Å². The highest BCUT2D eigenvalue weighted by molar-refractivity contribution is 9.10. The standard InChI is InChI=1S/C12H13BrClN3/c1-9-12(14)8-17(16-9)6-5-15-11-4-2-3-10(13)7-11/h2-4,7-8,15H,5-6H2,1H3. The van der Waals surface area contributed by atoms with Crippen molar-refractivity contribution in [1.82, 2.24) is 9.78 Å². The van der Waals surface area contributed by atoms with Crippen LogP contribution < -0.4 is 5.32 Å². The summed E-state index contributed by atoms with van der Waals surface area (Å²) in [5.74, 6) is 0. The number of halogens is 2. The van der Waals surface area contributed by atoms with E-state index in [9.17, 15) is 0 Å². The fraction of sp³-hybridized carbons (Fsp3) is 0.250. The SMILES string of the molecule is Cc1nn(CCNc2cccc(Br)c2)cc1Cl. The number of benzene rings is 1. The molecular weight excluding hydrogens is 302 g/mol. The lowest BCUT2D eigenvalue weighted by Gasteiger charge is -2.06. The minimum atomic E-state index is 0.715. The maximum Gasteiger partial charge on any atom is 0.0814 e. The molecule has 0 radical (unpaired) electrons. The lowest BCUT2D eigenvalue weighted by molar-refractivity contribution is 0.632. The van der Waals surface area contributed by atoms with Crippen LogP contribution >= 0.6 is 27.5 Å². The molecule has 0 aliphatic carbocycles. The van der Waals surface area contributed by atoms with Gasteiger partial charge in [0, 0.05) is 22.9 Å². The molecule has 3 nitrogen and oxygen atoms in total. The van der Waals surface area contributed by atoms with Gasteiger partial charge >= 0.3 is 0 Å². The normalized spacial score (nSPS) is 10.5. The fourth-order valence-corrected chi connectivity index (χ4v) is 2.07. The van der Waals surface area contributed by atoms with E-state index in [1.807, 2.05) is 42.1 Å². The molecule has 0 aliphatic heterocycles. The van der Waals surface area contributed by atoms with Gasteiger partial charge in [-0.05, 0) is 25.1 Å². The van der Waals surface area contributed by atoms with E-state index >= 15 is 0 Å². The number of rotatable bonds is 4. The van der Waals surface area contributed by atoms with E-state index in [0.29, 0.717) is 5.02 Å². The van der Waals surface area contributed by atoms with Crippen LogP contribution in [0, 0.1) is 6.92 Å². The molecule has 0 atom stereocenters. The first-order valence-electron chi connectivity index (χ1n) is 5.34. The molecule has 90 valence electrons. The Morgan fingerprint density at radius 3 is 2.94 bits per heavy atom. The molecule has 0 unspecified atom stereocenters. The Hall–Kier alpha value is -1.000. The van der Waals surface area contributed by atoms with Gasteiger partial charge in [-0.15, -0.1) is 0 Å². The molecule has 0 saturated carbocycles. The van der Waals surface area contributed by atoms with Crippen LogP contribution in [-0.4, -0.2) is 16.3 Å². The molecule has 1 aromatic carbocycles. The van der Waals surface area contributed by atoms with Gasteiger partial charge in [0.05, 0.1) is 17.3 Å². The van der Waals surface area contributed by atoms with E-state index in [4.69, 9.17) is 11.6 Å². The Labute approximate surface area is 114 Å². The molecule has 0 amide bonds. The van der Waals surface area contributed by atoms with Crippen molar-refractivity contribution >= 4 is 33.2 Å². The van der Waals surface area contributed by atoms with Gasteiger partial charge in [0.2, 0.25) is 0 Å². The number of anilines is 1. The van der Waals surface area contributed by atoms with E-state index in [1.165, 1.54) is 0 Å². The highest BCUT2D eigenvalue weighted by Crippen LogP contribution is 2.15. The summed E-state index contributed by atoms with van der Waals surface area (Å²) in [5.41, 5.74) is 1.96. The van der Waals surface area contributed by atoms with Crippen molar-refractivity contribution in [3.63, 3.8) is 0 Å². The Bertz CT molecular complexity index is 491. The van der Waals surface area contributed by atoms with Gasteiger partial charge in [-0.2, -0.15) is 5.10 Å². The Balaban J connectivity index is 1.87. The summed E-state index contributed by atoms with van der Waals surface area (Å²) in [5, 5.41) is 8.34. The van der Waals surface area contributed by atoms with E-state index in [0.717, 1.165) is 28.9 Å². The number of aromatic nitrogens is 2. The number of hydrogen-bond donors (Lipinski definition) is 1. The predicted molar refractivity (Wildman–Crippen MR) is 74.6 cm³/mol. The van der Waals surface area contributed by atoms with Gasteiger partial charge in [0.1, 0.15) is 0 Å². The predicted octanol–water partition coefficient (Wildman–Crippen LogP) is 3.72. The number of nitrogens with zero attached hydrogens (tertiary/aromatic N) is 2. The summed E-state index contributed by atoms with van der Waals surface area (Å²) in [6, 6.07) is 8.08. The topological polar surface area (TPSA) is 29.9 Å². The van der Waals surface area contributed by atoms with Crippen LogP contribution in [-0.2, 0) is 6.54 Å². The van der Waals surface area contributed by atoms with E-state index in [-0.39, 0.29) is 0 Å². The molecule has 1 aromatic heterocycles. The molecule has 17 heavy (non-hydrogen) atoms. The van der Waals surface area contributed by atoms with Crippen molar-refractivity contribution in [2.75, 3.05) is 11.9 Å². The summed E-state index contributed by atoms with van der Waals surface area (Å²) in [4.78, 5) is 0. The first kappa shape index (κ1) is 12.5. The Kier molecular flexibility index (Phi) is 4.07. The number of aryl methyl sites for hydroxylation is 1. The maximum atomic E-state index is 5.94. The third kappa shape index (κ3) is 3.48. The first-order valence-corrected chi connectivity index (χ1v) is 6.51. The van der Waals surface area contributed by atoms with Crippen LogP contribution in [0.1, 0.15) is 5.69 Å². The average Bonchev–Trinajstić information content (AvgIpc) is 2.58. The Morgan fingerprint density at radius 2 is 2.29 bits per heavy atom. The monoisotopic (exact) mass is 313 g/mol. The summed E-state index contributed by atoms with van der Waals surface area (Å²) in [6.07, 6.45) is 1.85. The highest BCUT2D eigenvalue weighted by Gasteiger charge is 2.01. The smallest absolute Gasteiger partial charge is 0.0814 e. The van der Waals surface area contributed by atoms with Gasteiger partial charge in [-0.3, -0.25) is 4.68 Å². The van der Waals surface area contributed by atoms with Gasteiger partial charge in [-0.25, -0.2) is 0 Å². The highest BCUT2D eigenvalue weighted by atomic mass is 79.9. The molecule has 2 aromatic rings. The molecule has 0 bridgehead atoms. The summed E-state index contributed by atoms with van der Waals surface area (Å²) in [7, 11) is 0. The number of nitrogens with one attached hydrogen (secondary N) is 1. The van der Waals surface area contributed by atoms with Gasteiger partial charge < -0.3 is 5.32 Å². The average molecular weight is 315 g/mol. The third-order valence-corrected chi connectivity index (χ3v) is 3.25. The van der Waals surface area contributed by atoms with Crippen molar-refractivity contribution in [3.05, 3.63) is 45.7 Å². The zero-order chi connectivity index (χ0) is 12.3. The fourth-order valence-electron chi connectivity index (χ4n) is 1.52. The minimum absolute atomic E-state index is 0.715. The molecule has 5 heteroatoms. The molecule has 0 aliphatic rings. The van der Waals surface area contributed by atoms with Gasteiger partial charge in [0.15, 0.2) is 0 Å². The van der Waals surface area contributed by atoms with Crippen molar-refractivity contribution < 1.29 is 0 Å². The maximum absolute atomic E-state index is 5.94. The van der Waals surface area contributed by atoms with Crippen LogP contribution in [0.5, 0.6) is 0 Å². The molecule has 1 heterocycles. The van der Waals surface area contributed by atoms with Crippen molar-refractivity contribution in [1.29, 1.82) is 0 Å². The lowest BCUT2D eigenvalue weighted by Crippen LogP contribution is -2.10. The largest absolute Gasteiger partial charge is 0.383 e. The molecule has 0 fully saturated rings. The quantitative estimate of drug-likeness (QED) is 0.932. The van der Waals surface area contributed by atoms with Crippen LogP contribution in [0.2, 0.25) is 5.02 Å². The molecule has 0 spiro atoms. The van der Waals surface area contributed by atoms with Crippen LogP contribution in [0.15, 0.2) is 34.9 Å².